The topological polar surface area (TPSA) is 69.3 Å². The number of hydrogen-bond acceptors (Lipinski definition) is 3. The van der Waals surface area contributed by atoms with Gasteiger partial charge in [0.15, 0.2) is 0 Å². The van der Waals surface area contributed by atoms with Gasteiger partial charge in [0.25, 0.3) is 5.91 Å². The van der Waals surface area contributed by atoms with E-state index < -0.39 is 0 Å². The van der Waals surface area contributed by atoms with Gasteiger partial charge < -0.3 is 20.4 Å². The molecule has 1 aromatic carbocycles. The molecule has 3 rings (SSSR count). The molecule has 3 N–H and O–H groups in total. The highest BCUT2D eigenvalue weighted by Crippen LogP contribution is 2.37. The van der Waals surface area contributed by atoms with Crippen molar-refractivity contribution >= 4 is 11.6 Å². The molecule has 0 aliphatic heterocycles. The van der Waals surface area contributed by atoms with E-state index in [1.54, 1.807) is 6.07 Å². The van der Waals surface area contributed by atoms with E-state index in [9.17, 15) is 4.79 Å². The fourth-order valence-electron chi connectivity index (χ4n) is 2.28. The van der Waals surface area contributed by atoms with E-state index in [1.807, 2.05) is 41.1 Å². The number of nitrogen functional groups attached to an aromatic ring is 1. The molecule has 0 bridgehead atoms. The zero-order valence-corrected chi connectivity index (χ0v) is 11.8. The Morgan fingerprint density at radius 2 is 2.10 bits per heavy atom. The minimum Gasteiger partial charge on any atom is -0.492 e. The van der Waals surface area contributed by atoms with Gasteiger partial charge in [-0.1, -0.05) is 18.2 Å². The quantitative estimate of drug-likeness (QED) is 0.800. The van der Waals surface area contributed by atoms with Gasteiger partial charge in [0.05, 0.1) is 12.2 Å². The first-order chi connectivity index (χ1) is 10.2. The predicted octanol–water partition coefficient (Wildman–Crippen LogP) is 2.21. The van der Waals surface area contributed by atoms with Crippen LogP contribution in [0.25, 0.3) is 0 Å². The second-order valence-electron chi connectivity index (χ2n) is 5.21. The normalized spacial score (nSPS) is 13.9. The highest BCUT2D eigenvalue weighted by atomic mass is 16.5. The van der Waals surface area contributed by atoms with Crippen LogP contribution in [0.2, 0.25) is 0 Å². The lowest BCUT2D eigenvalue weighted by molar-refractivity contribution is 0.0937. The van der Waals surface area contributed by atoms with Crippen LogP contribution in [0.3, 0.4) is 0 Å². The van der Waals surface area contributed by atoms with Crippen LogP contribution in [0.1, 0.15) is 29.4 Å². The first-order valence-corrected chi connectivity index (χ1v) is 7.17. The minimum atomic E-state index is -0.102. The van der Waals surface area contributed by atoms with Gasteiger partial charge in [-0.05, 0) is 31.0 Å². The lowest BCUT2D eigenvalue weighted by Crippen LogP contribution is -2.29. The molecule has 1 amide bonds. The zero-order chi connectivity index (χ0) is 14.7. The SMILES string of the molecule is Nc1cc(C(=O)NCCOc2ccccc2)n(C2CC2)c1. The Kier molecular flexibility index (Phi) is 3.81. The number of nitrogens with zero attached hydrogens (tertiary/aromatic N) is 1. The zero-order valence-electron chi connectivity index (χ0n) is 11.8. The van der Waals surface area contributed by atoms with Gasteiger partial charge in [0.1, 0.15) is 18.1 Å². The molecule has 110 valence electrons. The number of anilines is 1. The predicted molar refractivity (Wildman–Crippen MR) is 81.4 cm³/mol. The Balaban J connectivity index is 1.50. The summed E-state index contributed by atoms with van der Waals surface area (Å²) >= 11 is 0. The van der Waals surface area contributed by atoms with E-state index in [1.165, 1.54) is 0 Å². The molecule has 0 spiro atoms. The van der Waals surface area contributed by atoms with Crippen LogP contribution in [0, 0.1) is 0 Å². The molecule has 5 nitrogen and oxygen atoms in total. The Hall–Kier alpha value is -2.43. The van der Waals surface area contributed by atoms with Crippen LogP contribution < -0.4 is 15.8 Å². The molecule has 21 heavy (non-hydrogen) atoms. The number of amides is 1. The number of carbonyl (C=O) groups is 1. The van der Waals surface area contributed by atoms with Crippen molar-refractivity contribution in [2.75, 3.05) is 18.9 Å². The van der Waals surface area contributed by atoms with Gasteiger partial charge in [-0.3, -0.25) is 4.79 Å². The molecule has 0 radical (unpaired) electrons. The number of rotatable bonds is 6. The maximum absolute atomic E-state index is 12.2. The van der Waals surface area contributed by atoms with E-state index in [-0.39, 0.29) is 5.91 Å². The second kappa shape index (κ2) is 5.91. The molecule has 1 heterocycles. The number of ether oxygens (including phenoxy) is 1. The van der Waals surface area contributed by atoms with Crippen LogP contribution in [-0.4, -0.2) is 23.6 Å². The number of carbonyl (C=O) groups excluding carboxylic acids is 1. The van der Waals surface area contributed by atoms with Gasteiger partial charge in [-0.15, -0.1) is 0 Å². The maximum atomic E-state index is 12.2. The molecule has 2 aromatic rings. The van der Waals surface area contributed by atoms with Crippen molar-refractivity contribution in [1.29, 1.82) is 0 Å². The van der Waals surface area contributed by atoms with Crippen molar-refractivity contribution in [3.8, 4) is 5.75 Å². The molecule has 1 aromatic heterocycles. The summed E-state index contributed by atoms with van der Waals surface area (Å²) in [6.07, 6.45) is 4.07. The van der Waals surface area contributed by atoms with Crippen molar-refractivity contribution in [1.82, 2.24) is 9.88 Å². The van der Waals surface area contributed by atoms with E-state index in [0.717, 1.165) is 18.6 Å². The average molecular weight is 285 g/mol. The maximum Gasteiger partial charge on any atom is 0.268 e. The summed E-state index contributed by atoms with van der Waals surface area (Å²) in [5.74, 6) is 0.701. The lowest BCUT2D eigenvalue weighted by Gasteiger charge is -2.09. The minimum absolute atomic E-state index is 0.102. The van der Waals surface area contributed by atoms with Gasteiger partial charge in [0.2, 0.25) is 0 Å². The standard InChI is InChI=1S/C16H19N3O2/c17-12-10-15(19(11-12)13-6-7-13)16(20)18-8-9-21-14-4-2-1-3-5-14/h1-5,10-11,13H,6-9,17H2,(H,18,20). The largest absolute Gasteiger partial charge is 0.492 e. The summed E-state index contributed by atoms with van der Waals surface area (Å²) < 4.78 is 7.52. The lowest BCUT2D eigenvalue weighted by atomic mass is 10.3. The summed E-state index contributed by atoms with van der Waals surface area (Å²) in [7, 11) is 0. The Labute approximate surface area is 123 Å². The molecular weight excluding hydrogens is 266 g/mol. The smallest absolute Gasteiger partial charge is 0.268 e. The van der Waals surface area contributed by atoms with Gasteiger partial charge in [-0.25, -0.2) is 0 Å². The van der Waals surface area contributed by atoms with Crippen LogP contribution in [0.15, 0.2) is 42.6 Å². The monoisotopic (exact) mass is 285 g/mol. The number of nitrogens with two attached hydrogens (primary N) is 1. The van der Waals surface area contributed by atoms with Crippen LogP contribution in [0.4, 0.5) is 5.69 Å². The fourth-order valence-corrected chi connectivity index (χ4v) is 2.28. The van der Waals surface area contributed by atoms with E-state index in [4.69, 9.17) is 10.5 Å². The summed E-state index contributed by atoms with van der Waals surface area (Å²) in [6, 6.07) is 11.7. The van der Waals surface area contributed by atoms with E-state index >= 15 is 0 Å². The number of aromatic nitrogens is 1. The third-order valence-corrected chi connectivity index (χ3v) is 3.44. The van der Waals surface area contributed by atoms with Gasteiger partial charge >= 0.3 is 0 Å². The molecule has 1 aliphatic rings. The van der Waals surface area contributed by atoms with Crippen molar-refractivity contribution in [2.45, 2.75) is 18.9 Å². The molecule has 1 fully saturated rings. The number of hydrogen-bond donors (Lipinski definition) is 2. The molecule has 0 saturated heterocycles. The van der Waals surface area contributed by atoms with Crippen LogP contribution >= 0.6 is 0 Å². The fraction of sp³-hybridized carbons (Fsp3) is 0.312. The summed E-state index contributed by atoms with van der Waals surface area (Å²) in [4.78, 5) is 12.2. The molecule has 0 atom stereocenters. The third kappa shape index (κ3) is 3.37. The van der Waals surface area contributed by atoms with Crippen LogP contribution in [0.5, 0.6) is 5.75 Å². The molecular formula is C16H19N3O2. The molecule has 1 aliphatic carbocycles. The van der Waals surface area contributed by atoms with E-state index in [2.05, 4.69) is 5.32 Å². The van der Waals surface area contributed by atoms with Gasteiger partial charge in [-0.2, -0.15) is 0 Å². The average Bonchev–Trinajstić information content (AvgIpc) is 3.27. The Morgan fingerprint density at radius 3 is 2.81 bits per heavy atom. The number of nitrogens with one attached hydrogen (secondary N) is 1. The molecule has 1 saturated carbocycles. The molecule has 0 unspecified atom stereocenters. The third-order valence-electron chi connectivity index (χ3n) is 3.44. The highest BCUT2D eigenvalue weighted by Gasteiger charge is 2.27. The van der Waals surface area contributed by atoms with Crippen LogP contribution in [-0.2, 0) is 0 Å². The number of benzene rings is 1. The van der Waals surface area contributed by atoms with Crippen molar-refractivity contribution in [3.63, 3.8) is 0 Å². The van der Waals surface area contributed by atoms with Crippen molar-refractivity contribution in [3.05, 3.63) is 48.3 Å². The van der Waals surface area contributed by atoms with Crippen molar-refractivity contribution < 1.29 is 9.53 Å². The summed E-state index contributed by atoms with van der Waals surface area (Å²) in [5, 5.41) is 2.87. The van der Waals surface area contributed by atoms with Crippen molar-refractivity contribution in [2.24, 2.45) is 0 Å². The van der Waals surface area contributed by atoms with E-state index in [0.29, 0.717) is 30.6 Å². The Bertz CT molecular complexity index is 618. The second-order valence-corrected chi connectivity index (χ2v) is 5.21. The highest BCUT2D eigenvalue weighted by molar-refractivity contribution is 5.93. The first kappa shape index (κ1) is 13.5. The Morgan fingerprint density at radius 1 is 1.33 bits per heavy atom. The number of para-hydroxylation sites is 1. The summed E-state index contributed by atoms with van der Waals surface area (Å²) in [6.45, 7) is 0.902. The molecule has 5 heteroatoms. The summed E-state index contributed by atoms with van der Waals surface area (Å²) in [5.41, 5.74) is 7.05. The first-order valence-electron chi connectivity index (χ1n) is 7.17. The van der Waals surface area contributed by atoms with Gasteiger partial charge in [0, 0.05) is 12.2 Å².